The van der Waals surface area contributed by atoms with E-state index in [-0.39, 0.29) is 11.9 Å². The summed E-state index contributed by atoms with van der Waals surface area (Å²) in [7, 11) is 3.67. The van der Waals surface area contributed by atoms with Crippen LogP contribution in [0.4, 0.5) is 4.79 Å². The topological polar surface area (TPSA) is 104 Å². The Bertz CT molecular complexity index is 1660. The van der Waals surface area contributed by atoms with Gasteiger partial charge in [0.2, 0.25) is 5.88 Å². The number of nitrogens with zero attached hydrogens (tertiary/aromatic N) is 5. The van der Waals surface area contributed by atoms with Gasteiger partial charge in [0.15, 0.2) is 5.82 Å². The van der Waals surface area contributed by atoms with Crippen LogP contribution in [0.3, 0.4) is 0 Å². The van der Waals surface area contributed by atoms with E-state index in [1.807, 2.05) is 52.9 Å². The zero-order chi connectivity index (χ0) is 29.1. The number of carbonyl (C=O) groups excluding carboxylic acids is 2. The number of fused-ring (bicyclic) bond motifs is 3. The van der Waals surface area contributed by atoms with E-state index in [2.05, 4.69) is 26.6 Å². The molecule has 1 saturated carbocycles. The van der Waals surface area contributed by atoms with Crippen LogP contribution in [-0.4, -0.2) is 67.8 Å². The number of imidazole rings is 1. The van der Waals surface area contributed by atoms with E-state index in [1.165, 1.54) is 12.8 Å². The third kappa shape index (κ3) is 5.35. The minimum Gasteiger partial charge on any atom is -0.481 e. The van der Waals surface area contributed by atoms with Crippen molar-refractivity contribution >= 4 is 34.1 Å². The summed E-state index contributed by atoms with van der Waals surface area (Å²) in [5, 5.41) is 3.89. The number of hydrogen-bond acceptors (Lipinski definition) is 6. The highest BCUT2D eigenvalue weighted by Crippen LogP contribution is 2.37. The maximum absolute atomic E-state index is 13.6. The lowest BCUT2D eigenvalue weighted by molar-refractivity contribution is 0.0483. The van der Waals surface area contributed by atoms with Crippen LogP contribution in [0.2, 0.25) is 0 Å². The molecule has 2 amide bonds. The van der Waals surface area contributed by atoms with Crippen molar-refractivity contribution in [3.05, 3.63) is 41.5 Å². The molecule has 0 unspecified atom stereocenters. The Hall–Kier alpha value is -4.08. The first-order valence-corrected chi connectivity index (χ1v) is 14.3. The van der Waals surface area contributed by atoms with Crippen molar-refractivity contribution in [3.8, 4) is 17.4 Å². The van der Waals surface area contributed by atoms with Gasteiger partial charge in [0.05, 0.1) is 23.8 Å². The van der Waals surface area contributed by atoms with Crippen LogP contribution in [0.5, 0.6) is 5.88 Å². The summed E-state index contributed by atoms with van der Waals surface area (Å²) in [5.74, 6) is 2.04. The van der Waals surface area contributed by atoms with Gasteiger partial charge in [0, 0.05) is 49.7 Å². The fraction of sp³-hybridized carbons (Fsp3) is 0.484. The molecule has 1 aromatic carbocycles. The van der Waals surface area contributed by atoms with Gasteiger partial charge in [0.1, 0.15) is 11.2 Å². The SMILES string of the molecule is COc1ccc2cc(-c3nc4cc5c(cc4n3C)CCN(C[C@@H](C)NC(=O)OC(C)(C)C)C5=O)n(CC3CC3)c2n1. The molecule has 1 atom stereocenters. The molecular formula is C31H38N6O4. The van der Waals surface area contributed by atoms with Crippen molar-refractivity contribution in [2.45, 2.75) is 65.1 Å². The second-order valence-electron chi connectivity index (χ2n) is 12.4. The van der Waals surface area contributed by atoms with Crippen LogP contribution in [0.15, 0.2) is 30.3 Å². The molecule has 2 aliphatic rings. The molecule has 0 bridgehead atoms. The average molecular weight is 559 g/mol. The van der Waals surface area contributed by atoms with Crippen LogP contribution in [0.1, 0.15) is 56.5 Å². The molecule has 216 valence electrons. The molecule has 10 heteroatoms. The summed E-state index contributed by atoms with van der Waals surface area (Å²) in [6, 6.07) is 9.86. The number of nitrogens with one attached hydrogen (secondary N) is 1. The van der Waals surface area contributed by atoms with Gasteiger partial charge in [-0.05, 0) is 82.7 Å². The average Bonchev–Trinajstić information content (AvgIpc) is 3.59. The Morgan fingerprint density at radius 3 is 2.66 bits per heavy atom. The fourth-order valence-corrected chi connectivity index (χ4v) is 5.66. The smallest absolute Gasteiger partial charge is 0.407 e. The molecule has 41 heavy (non-hydrogen) atoms. The van der Waals surface area contributed by atoms with Gasteiger partial charge in [-0.1, -0.05) is 0 Å². The molecule has 0 saturated heterocycles. The van der Waals surface area contributed by atoms with Crippen molar-refractivity contribution in [3.63, 3.8) is 0 Å². The lowest BCUT2D eigenvalue weighted by Crippen LogP contribution is -2.47. The van der Waals surface area contributed by atoms with E-state index < -0.39 is 11.7 Å². The number of pyridine rings is 1. The highest BCUT2D eigenvalue weighted by atomic mass is 16.6. The molecule has 0 spiro atoms. The molecule has 1 fully saturated rings. The normalized spacial score (nSPS) is 16.2. The van der Waals surface area contributed by atoms with Crippen LogP contribution in [0.25, 0.3) is 33.6 Å². The lowest BCUT2D eigenvalue weighted by atomic mass is 9.97. The molecule has 1 aliphatic heterocycles. The molecule has 3 aromatic heterocycles. The van der Waals surface area contributed by atoms with Gasteiger partial charge < -0.3 is 28.8 Å². The molecule has 10 nitrogen and oxygen atoms in total. The Morgan fingerprint density at radius 1 is 1.17 bits per heavy atom. The van der Waals surface area contributed by atoms with E-state index in [9.17, 15) is 9.59 Å². The summed E-state index contributed by atoms with van der Waals surface area (Å²) in [6.07, 6.45) is 2.71. The third-order valence-electron chi connectivity index (χ3n) is 7.83. The second kappa shape index (κ2) is 10.1. The first kappa shape index (κ1) is 27.1. The number of ether oxygens (including phenoxy) is 2. The number of methoxy groups -OCH3 is 1. The van der Waals surface area contributed by atoms with E-state index >= 15 is 0 Å². The van der Waals surface area contributed by atoms with Crippen molar-refractivity contribution in [2.75, 3.05) is 20.2 Å². The molecule has 1 N–H and O–H groups in total. The molecule has 4 aromatic rings. The first-order valence-electron chi connectivity index (χ1n) is 14.3. The Balaban J connectivity index is 1.30. The third-order valence-corrected chi connectivity index (χ3v) is 7.83. The summed E-state index contributed by atoms with van der Waals surface area (Å²) >= 11 is 0. The van der Waals surface area contributed by atoms with E-state index in [1.54, 1.807) is 12.0 Å². The second-order valence-corrected chi connectivity index (χ2v) is 12.4. The number of alkyl carbamates (subject to hydrolysis) is 1. The predicted molar refractivity (Wildman–Crippen MR) is 157 cm³/mol. The Labute approximate surface area is 239 Å². The largest absolute Gasteiger partial charge is 0.481 e. The lowest BCUT2D eigenvalue weighted by Gasteiger charge is -2.31. The number of aryl methyl sites for hydroxylation is 1. The number of hydrogen-bond donors (Lipinski definition) is 1. The van der Waals surface area contributed by atoms with E-state index in [0.717, 1.165) is 52.1 Å². The molecule has 0 radical (unpaired) electrons. The monoisotopic (exact) mass is 558 g/mol. The van der Waals surface area contributed by atoms with E-state index in [0.29, 0.717) is 30.5 Å². The quantitative estimate of drug-likeness (QED) is 0.345. The zero-order valence-corrected chi connectivity index (χ0v) is 24.7. The summed E-state index contributed by atoms with van der Waals surface area (Å²) in [4.78, 5) is 37.4. The van der Waals surface area contributed by atoms with Gasteiger partial charge in [-0.25, -0.2) is 9.78 Å². The van der Waals surface area contributed by atoms with Gasteiger partial charge in [-0.3, -0.25) is 4.79 Å². The van der Waals surface area contributed by atoms with Gasteiger partial charge in [-0.2, -0.15) is 4.98 Å². The van der Waals surface area contributed by atoms with Crippen LogP contribution >= 0.6 is 0 Å². The molecule has 4 heterocycles. The summed E-state index contributed by atoms with van der Waals surface area (Å²) in [6.45, 7) is 9.24. The Morgan fingerprint density at radius 2 is 1.95 bits per heavy atom. The van der Waals surface area contributed by atoms with Crippen LogP contribution < -0.4 is 10.1 Å². The van der Waals surface area contributed by atoms with Crippen molar-refractivity contribution in [1.29, 1.82) is 0 Å². The maximum Gasteiger partial charge on any atom is 0.407 e. The Kier molecular flexibility index (Phi) is 6.66. The van der Waals surface area contributed by atoms with Gasteiger partial charge in [-0.15, -0.1) is 0 Å². The number of amides is 2. The van der Waals surface area contributed by atoms with Gasteiger partial charge >= 0.3 is 6.09 Å². The summed E-state index contributed by atoms with van der Waals surface area (Å²) < 4.78 is 15.2. The number of benzene rings is 1. The highest BCUT2D eigenvalue weighted by molar-refractivity contribution is 6.00. The number of carbonyl (C=O) groups is 2. The summed E-state index contributed by atoms with van der Waals surface area (Å²) in [5.41, 5.74) is 4.80. The maximum atomic E-state index is 13.6. The number of rotatable bonds is 7. The van der Waals surface area contributed by atoms with Crippen LogP contribution in [-0.2, 0) is 24.8 Å². The number of aromatic nitrogens is 4. The molecule has 6 rings (SSSR count). The van der Waals surface area contributed by atoms with Crippen molar-refractivity contribution in [2.24, 2.45) is 13.0 Å². The van der Waals surface area contributed by atoms with Crippen molar-refractivity contribution in [1.82, 2.24) is 29.3 Å². The first-order chi connectivity index (χ1) is 19.5. The van der Waals surface area contributed by atoms with Crippen LogP contribution in [0, 0.1) is 5.92 Å². The minimum atomic E-state index is -0.577. The predicted octanol–water partition coefficient (Wildman–Crippen LogP) is 4.92. The molecule has 1 aliphatic carbocycles. The molecular weight excluding hydrogens is 520 g/mol. The minimum absolute atomic E-state index is 0.0441. The van der Waals surface area contributed by atoms with Gasteiger partial charge in [0.25, 0.3) is 5.91 Å². The van der Waals surface area contributed by atoms with Crippen molar-refractivity contribution < 1.29 is 19.1 Å². The van der Waals surface area contributed by atoms with E-state index in [4.69, 9.17) is 19.4 Å². The highest BCUT2D eigenvalue weighted by Gasteiger charge is 2.29. The standard InChI is InChI=1S/C31H38N6O4/c1-18(32-30(39)41-31(2,3)4)16-36-12-11-20-13-24-23(15-22(20)29(36)38)33-28(35(24)5)25-14-21-9-10-26(40-6)34-27(21)37(25)17-19-7-8-19/h9-10,13-15,18-19H,7-8,11-12,16-17H2,1-6H3,(H,32,39)/t18-/m1/s1. The zero-order valence-electron chi connectivity index (χ0n) is 24.7. The fourth-order valence-electron chi connectivity index (χ4n) is 5.66.